The van der Waals surface area contributed by atoms with Crippen molar-refractivity contribution in [2.45, 2.75) is 88.8 Å². The molecule has 0 radical (unpaired) electrons. The van der Waals surface area contributed by atoms with Gasteiger partial charge in [-0.2, -0.15) is 4.39 Å². The minimum absolute atomic E-state index is 0.0544. The van der Waals surface area contributed by atoms with E-state index >= 15 is 4.39 Å². The van der Waals surface area contributed by atoms with Crippen molar-refractivity contribution in [3.8, 4) is 5.75 Å². The van der Waals surface area contributed by atoms with Gasteiger partial charge in [0, 0.05) is 14.2 Å². The lowest BCUT2D eigenvalue weighted by atomic mass is 9.60. The van der Waals surface area contributed by atoms with Crippen LogP contribution in [0.4, 0.5) is 8.78 Å². The Kier molecular flexibility index (Phi) is 6.76. The normalized spacial score (nSPS) is 25.8. The molecule has 2 fully saturated rings. The highest BCUT2D eigenvalue weighted by molar-refractivity contribution is 6.58. The number of hydrogen-bond donors (Lipinski definition) is 0. The van der Waals surface area contributed by atoms with Gasteiger partial charge in [0.25, 0.3) is 0 Å². The maximum atomic E-state index is 15.1. The Morgan fingerprint density at radius 1 is 1.04 bits per heavy atom. The molecule has 0 spiro atoms. The molecule has 0 N–H and O–H groups in total. The molecule has 1 nitrogen and oxygen atoms in total. The number of benzene rings is 1. The largest absolute Gasteiger partial charge is 0.491 e. The lowest BCUT2D eigenvalue weighted by Gasteiger charge is -2.47. The van der Waals surface area contributed by atoms with Crippen LogP contribution in [0.25, 0.3) is 0 Å². The number of ether oxygens (including phenoxy) is 1. The second-order valence-corrected chi connectivity index (χ2v) is 11.9. The monoisotopic (exact) mass is 380 g/mol. The van der Waals surface area contributed by atoms with Crippen molar-refractivity contribution in [1.29, 1.82) is 0 Å². The molecule has 26 heavy (non-hydrogen) atoms. The van der Waals surface area contributed by atoms with Crippen molar-refractivity contribution in [1.82, 2.24) is 0 Å². The average Bonchev–Trinajstić information content (AvgIpc) is 2.67. The molecule has 0 atom stereocenters. The van der Waals surface area contributed by atoms with Crippen LogP contribution in [0.15, 0.2) is 12.1 Å². The van der Waals surface area contributed by atoms with E-state index in [0.717, 1.165) is 25.7 Å². The fraction of sp³-hybridized carbons (Fsp3) is 0.727. The van der Waals surface area contributed by atoms with Gasteiger partial charge < -0.3 is 4.74 Å². The van der Waals surface area contributed by atoms with Crippen molar-refractivity contribution in [2.75, 3.05) is 6.61 Å². The summed E-state index contributed by atoms with van der Waals surface area (Å²) >= 11 is 0. The van der Waals surface area contributed by atoms with Crippen molar-refractivity contribution < 1.29 is 13.5 Å². The Morgan fingerprint density at radius 2 is 1.73 bits per heavy atom. The fourth-order valence-electron chi connectivity index (χ4n) is 5.68. The molecule has 1 aliphatic heterocycles. The Hall–Kier alpha value is -0.903. The highest BCUT2D eigenvalue weighted by Gasteiger charge is 2.44. The van der Waals surface area contributed by atoms with Gasteiger partial charge in [-0.1, -0.05) is 69.6 Å². The van der Waals surface area contributed by atoms with Gasteiger partial charge >= 0.3 is 0 Å². The molecule has 0 aromatic heterocycles. The minimum atomic E-state index is -0.789. The molecule has 4 heteroatoms. The first-order valence-electron chi connectivity index (χ1n) is 10.7. The standard InChI is InChI=1S/C22H34F2OSi/c1-3-14-26-15-10-17(11-16-26)22(12-6-5-7-13-22)18-8-9-19(25-4-2)21(24)20(18)23/h8-9,17,26H,3-7,10-16H2,1-2H3. The predicted molar refractivity (Wildman–Crippen MR) is 107 cm³/mol. The van der Waals surface area contributed by atoms with Gasteiger partial charge in [-0.05, 0) is 37.3 Å². The Morgan fingerprint density at radius 3 is 2.35 bits per heavy atom. The van der Waals surface area contributed by atoms with Gasteiger partial charge in [0.2, 0.25) is 5.82 Å². The van der Waals surface area contributed by atoms with E-state index < -0.39 is 20.4 Å². The molecular weight excluding hydrogens is 346 g/mol. The molecular formula is C22H34F2OSi. The zero-order valence-corrected chi connectivity index (χ0v) is 17.6. The first-order valence-corrected chi connectivity index (χ1v) is 13.2. The molecule has 3 rings (SSSR count). The van der Waals surface area contributed by atoms with Gasteiger partial charge in [0.05, 0.1) is 6.61 Å². The smallest absolute Gasteiger partial charge is 0.200 e. The quantitative estimate of drug-likeness (QED) is 0.504. The predicted octanol–water partition coefficient (Wildman–Crippen LogP) is 6.61. The Bertz CT molecular complexity index is 590. The third-order valence-electron chi connectivity index (χ3n) is 6.95. The van der Waals surface area contributed by atoms with Gasteiger partial charge in [-0.15, -0.1) is 0 Å². The van der Waals surface area contributed by atoms with Crippen molar-refractivity contribution >= 4 is 8.80 Å². The zero-order valence-electron chi connectivity index (χ0n) is 16.5. The van der Waals surface area contributed by atoms with E-state index in [9.17, 15) is 4.39 Å². The van der Waals surface area contributed by atoms with Crippen LogP contribution in [0.2, 0.25) is 18.1 Å². The second kappa shape index (κ2) is 8.86. The summed E-state index contributed by atoms with van der Waals surface area (Å²) in [6, 6.07) is 7.73. The summed E-state index contributed by atoms with van der Waals surface area (Å²) in [6.07, 6.45) is 9.30. The van der Waals surface area contributed by atoms with Crippen LogP contribution < -0.4 is 4.74 Å². The summed E-state index contributed by atoms with van der Waals surface area (Å²) in [4.78, 5) is 0. The fourth-order valence-corrected chi connectivity index (χ4v) is 9.11. The number of rotatable bonds is 6. The van der Waals surface area contributed by atoms with Crippen molar-refractivity contribution in [2.24, 2.45) is 5.92 Å². The molecule has 1 saturated heterocycles. The van der Waals surface area contributed by atoms with Crippen molar-refractivity contribution in [3.63, 3.8) is 0 Å². The molecule has 1 aromatic rings. The van der Waals surface area contributed by atoms with Crippen molar-refractivity contribution in [3.05, 3.63) is 29.3 Å². The highest BCUT2D eigenvalue weighted by atomic mass is 28.3. The van der Waals surface area contributed by atoms with Gasteiger partial charge in [-0.3, -0.25) is 0 Å². The molecule has 0 unspecified atom stereocenters. The molecule has 1 aromatic carbocycles. The molecule has 1 aliphatic carbocycles. The summed E-state index contributed by atoms with van der Waals surface area (Å²) in [7, 11) is -0.571. The van der Waals surface area contributed by atoms with E-state index in [1.807, 2.05) is 6.07 Å². The van der Waals surface area contributed by atoms with Crippen LogP contribution in [-0.4, -0.2) is 15.4 Å². The van der Waals surface area contributed by atoms with E-state index in [-0.39, 0.29) is 11.2 Å². The second-order valence-electron chi connectivity index (χ2n) is 8.40. The summed E-state index contributed by atoms with van der Waals surface area (Å²) in [5.41, 5.74) is 0.484. The molecule has 0 bridgehead atoms. The molecule has 2 aliphatic rings. The Labute approximate surface area is 159 Å². The maximum Gasteiger partial charge on any atom is 0.200 e. The van der Waals surface area contributed by atoms with Crippen LogP contribution in [0, 0.1) is 17.6 Å². The van der Waals surface area contributed by atoms with Crippen LogP contribution in [0.3, 0.4) is 0 Å². The van der Waals surface area contributed by atoms with Crippen LogP contribution in [0.5, 0.6) is 5.75 Å². The summed E-state index contributed by atoms with van der Waals surface area (Å²) < 4.78 is 35.0. The van der Waals surface area contributed by atoms with Gasteiger partial charge in [-0.25, -0.2) is 4.39 Å². The molecule has 1 saturated carbocycles. The van der Waals surface area contributed by atoms with E-state index in [2.05, 4.69) is 6.92 Å². The minimum Gasteiger partial charge on any atom is -0.491 e. The SMILES string of the molecule is CCC[SiH]1CCC(C2(c3ccc(OCC)c(F)c3F)CCCCC2)CC1. The van der Waals surface area contributed by atoms with Crippen LogP contribution in [-0.2, 0) is 5.41 Å². The third-order valence-corrected chi connectivity index (χ3v) is 10.6. The van der Waals surface area contributed by atoms with Crippen LogP contribution >= 0.6 is 0 Å². The van der Waals surface area contributed by atoms with Gasteiger partial charge in [0.15, 0.2) is 11.6 Å². The summed E-state index contributed by atoms with van der Waals surface area (Å²) in [6.45, 7) is 4.44. The zero-order chi connectivity index (χ0) is 18.6. The average molecular weight is 381 g/mol. The lowest BCUT2D eigenvalue weighted by Crippen LogP contribution is -2.41. The first-order chi connectivity index (χ1) is 12.6. The maximum absolute atomic E-state index is 15.1. The number of halogens is 2. The summed E-state index contributed by atoms with van der Waals surface area (Å²) in [5, 5.41) is 0. The van der Waals surface area contributed by atoms with Gasteiger partial charge in [0.1, 0.15) is 0 Å². The van der Waals surface area contributed by atoms with Crippen LogP contribution in [0.1, 0.15) is 70.8 Å². The molecule has 0 amide bonds. The Balaban J connectivity index is 1.90. The topological polar surface area (TPSA) is 9.23 Å². The highest BCUT2D eigenvalue weighted by Crippen LogP contribution is 2.51. The lowest BCUT2D eigenvalue weighted by molar-refractivity contribution is 0.167. The third kappa shape index (κ3) is 3.85. The van der Waals surface area contributed by atoms with E-state index in [1.54, 1.807) is 13.0 Å². The van der Waals surface area contributed by atoms with E-state index in [4.69, 9.17) is 4.74 Å². The molecule has 1 heterocycles. The van der Waals surface area contributed by atoms with E-state index in [0.29, 0.717) is 18.1 Å². The number of hydrogen-bond acceptors (Lipinski definition) is 1. The molecule has 146 valence electrons. The first kappa shape index (κ1) is 19.8. The summed E-state index contributed by atoms with van der Waals surface area (Å²) in [5.74, 6) is -0.858. The van der Waals surface area contributed by atoms with E-state index in [1.165, 1.54) is 43.8 Å².